The van der Waals surface area contributed by atoms with Crippen LogP contribution in [0.5, 0.6) is 0 Å². The predicted octanol–water partition coefficient (Wildman–Crippen LogP) is 2.16. The molecule has 114 valence electrons. The van der Waals surface area contributed by atoms with Gasteiger partial charge in [-0.3, -0.25) is 0 Å². The molecule has 2 N–H and O–H groups in total. The van der Waals surface area contributed by atoms with Gasteiger partial charge in [0.1, 0.15) is 0 Å². The number of rotatable bonds is 8. The summed E-state index contributed by atoms with van der Waals surface area (Å²) in [5.41, 5.74) is 1.16. The quantitative estimate of drug-likeness (QED) is 0.773. The first-order chi connectivity index (χ1) is 9.39. The van der Waals surface area contributed by atoms with Crippen LogP contribution in [0.3, 0.4) is 0 Å². The highest BCUT2D eigenvalue weighted by Gasteiger charge is 2.13. The minimum absolute atomic E-state index is 0.313. The van der Waals surface area contributed by atoms with Gasteiger partial charge in [0.2, 0.25) is 10.0 Å². The average Bonchev–Trinajstić information content (AvgIpc) is 2.39. The Hall–Kier alpha value is -0.910. The SMILES string of the molecule is CCNC(Cc1ccc(S(=O)(=O)NC)cc1)CC(C)C. The zero-order valence-corrected chi connectivity index (χ0v) is 13.6. The molecule has 1 rings (SSSR count). The molecule has 0 heterocycles. The van der Waals surface area contributed by atoms with Gasteiger partial charge in [-0.15, -0.1) is 0 Å². The molecular formula is C15H26N2O2S. The van der Waals surface area contributed by atoms with E-state index in [9.17, 15) is 8.42 Å². The van der Waals surface area contributed by atoms with E-state index in [0.717, 1.165) is 24.9 Å². The van der Waals surface area contributed by atoms with Crippen LogP contribution in [0.4, 0.5) is 0 Å². The normalized spacial score (nSPS) is 13.7. The molecule has 0 aliphatic carbocycles. The van der Waals surface area contributed by atoms with Crippen molar-refractivity contribution in [3.63, 3.8) is 0 Å². The van der Waals surface area contributed by atoms with Gasteiger partial charge in [0, 0.05) is 6.04 Å². The fourth-order valence-electron chi connectivity index (χ4n) is 2.30. The number of benzene rings is 1. The smallest absolute Gasteiger partial charge is 0.240 e. The Labute approximate surface area is 123 Å². The molecule has 0 spiro atoms. The lowest BCUT2D eigenvalue weighted by atomic mass is 9.97. The van der Waals surface area contributed by atoms with Crippen LogP contribution < -0.4 is 10.0 Å². The third kappa shape index (κ3) is 5.23. The van der Waals surface area contributed by atoms with E-state index in [4.69, 9.17) is 0 Å². The first kappa shape index (κ1) is 17.1. The molecule has 1 aromatic carbocycles. The second-order valence-corrected chi connectivity index (χ2v) is 7.33. The monoisotopic (exact) mass is 298 g/mol. The summed E-state index contributed by atoms with van der Waals surface area (Å²) in [5.74, 6) is 0.642. The Morgan fingerprint density at radius 3 is 2.20 bits per heavy atom. The van der Waals surface area contributed by atoms with Gasteiger partial charge >= 0.3 is 0 Å². The number of nitrogens with one attached hydrogen (secondary N) is 2. The first-order valence-corrected chi connectivity index (χ1v) is 8.63. The molecule has 0 saturated heterocycles. The summed E-state index contributed by atoms with van der Waals surface area (Å²) < 4.78 is 25.6. The van der Waals surface area contributed by atoms with Crippen LogP contribution in [0, 0.1) is 5.92 Å². The molecule has 0 aromatic heterocycles. The number of hydrogen-bond donors (Lipinski definition) is 2. The minimum Gasteiger partial charge on any atom is -0.314 e. The molecule has 1 aromatic rings. The van der Waals surface area contributed by atoms with E-state index >= 15 is 0 Å². The van der Waals surface area contributed by atoms with Crippen LogP contribution in [0.15, 0.2) is 29.2 Å². The van der Waals surface area contributed by atoms with E-state index in [2.05, 4.69) is 30.8 Å². The van der Waals surface area contributed by atoms with Gasteiger partial charge in [-0.2, -0.15) is 0 Å². The van der Waals surface area contributed by atoms with Gasteiger partial charge in [0.05, 0.1) is 4.90 Å². The Balaban J connectivity index is 2.77. The van der Waals surface area contributed by atoms with Crippen molar-refractivity contribution in [2.75, 3.05) is 13.6 Å². The second kappa shape index (κ2) is 7.76. The molecule has 4 nitrogen and oxygen atoms in total. The Morgan fingerprint density at radius 1 is 1.15 bits per heavy atom. The van der Waals surface area contributed by atoms with Crippen molar-refractivity contribution in [2.24, 2.45) is 5.92 Å². The molecular weight excluding hydrogens is 272 g/mol. The lowest BCUT2D eigenvalue weighted by Crippen LogP contribution is -2.32. The van der Waals surface area contributed by atoms with Crippen LogP contribution >= 0.6 is 0 Å². The number of hydrogen-bond acceptors (Lipinski definition) is 3. The molecule has 0 amide bonds. The number of sulfonamides is 1. The van der Waals surface area contributed by atoms with Gasteiger partial charge in [-0.1, -0.05) is 32.9 Å². The van der Waals surface area contributed by atoms with Gasteiger partial charge in [-0.05, 0) is 50.0 Å². The first-order valence-electron chi connectivity index (χ1n) is 7.15. The Bertz CT molecular complexity index is 495. The maximum atomic E-state index is 11.7. The van der Waals surface area contributed by atoms with Gasteiger partial charge in [-0.25, -0.2) is 13.1 Å². The van der Waals surface area contributed by atoms with Gasteiger partial charge in [0.25, 0.3) is 0 Å². The average molecular weight is 298 g/mol. The fraction of sp³-hybridized carbons (Fsp3) is 0.600. The van der Waals surface area contributed by atoms with E-state index in [1.807, 2.05) is 12.1 Å². The maximum Gasteiger partial charge on any atom is 0.240 e. The van der Waals surface area contributed by atoms with Crippen molar-refractivity contribution in [1.82, 2.24) is 10.0 Å². The van der Waals surface area contributed by atoms with E-state index in [0.29, 0.717) is 16.9 Å². The van der Waals surface area contributed by atoms with Crippen molar-refractivity contribution in [2.45, 2.75) is 44.6 Å². The summed E-state index contributed by atoms with van der Waals surface area (Å²) in [6, 6.07) is 7.56. The fourth-order valence-corrected chi connectivity index (χ4v) is 3.03. The lowest BCUT2D eigenvalue weighted by Gasteiger charge is -2.20. The summed E-state index contributed by atoms with van der Waals surface area (Å²) in [7, 11) is -1.91. The third-order valence-electron chi connectivity index (χ3n) is 3.23. The third-order valence-corrected chi connectivity index (χ3v) is 4.66. The molecule has 0 aliphatic rings. The summed E-state index contributed by atoms with van der Waals surface area (Å²) in [6.07, 6.45) is 2.04. The zero-order valence-electron chi connectivity index (χ0n) is 12.8. The highest BCUT2D eigenvalue weighted by Crippen LogP contribution is 2.14. The molecule has 0 saturated carbocycles. The van der Waals surface area contributed by atoms with Crippen LogP contribution in [0.2, 0.25) is 0 Å². The molecule has 0 radical (unpaired) electrons. The summed E-state index contributed by atoms with van der Waals surface area (Å²) >= 11 is 0. The van der Waals surface area contributed by atoms with Crippen LogP contribution in [-0.4, -0.2) is 28.1 Å². The topological polar surface area (TPSA) is 58.2 Å². The van der Waals surface area contributed by atoms with Crippen molar-refractivity contribution in [3.05, 3.63) is 29.8 Å². The van der Waals surface area contributed by atoms with Crippen LogP contribution in [-0.2, 0) is 16.4 Å². The molecule has 1 atom stereocenters. The Kier molecular flexibility index (Phi) is 6.65. The summed E-state index contributed by atoms with van der Waals surface area (Å²) in [6.45, 7) is 7.49. The van der Waals surface area contributed by atoms with Crippen molar-refractivity contribution in [3.8, 4) is 0 Å². The van der Waals surface area contributed by atoms with Crippen LogP contribution in [0.25, 0.3) is 0 Å². The van der Waals surface area contributed by atoms with Gasteiger partial charge in [0.15, 0.2) is 0 Å². The van der Waals surface area contributed by atoms with Gasteiger partial charge < -0.3 is 5.32 Å². The van der Waals surface area contributed by atoms with E-state index in [-0.39, 0.29) is 0 Å². The minimum atomic E-state index is -3.34. The molecule has 20 heavy (non-hydrogen) atoms. The lowest BCUT2D eigenvalue weighted by molar-refractivity contribution is 0.424. The van der Waals surface area contributed by atoms with Crippen molar-refractivity contribution < 1.29 is 8.42 Å². The molecule has 1 unspecified atom stereocenters. The standard InChI is InChI=1S/C15H26N2O2S/c1-5-17-14(10-12(2)3)11-13-6-8-15(9-7-13)20(18,19)16-4/h6-9,12,14,16-17H,5,10-11H2,1-4H3. The van der Waals surface area contributed by atoms with E-state index in [1.54, 1.807) is 12.1 Å². The summed E-state index contributed by atoms with van der Waals surface area (Å²) in [4.78, 5) is 0.313. The highest BCUT2D eigenvalue weighted by atomic mass is 32.2. The molecule has 0 bridgehead atoms. The summed E-state index contributed by atoms with van der Waals surface area (Å²) in [5, 5.41) is 3.49. The maximum absolute atomic E-state index is 11.7. The molecule has 0 fully saturated rings. The molecule has 5 heteroatoms. The Morgan fingerprint density at radius 2 is 1.75 bits per heavy atom. The van der Waals surface area contributed by atoms with E-state index in [1.165, 1.54) is 7.05 Å². The van der Waals surface area contributed by atoms with Crippen molar-refractivity contribution >= 4 is 10.0 Å². The predicted molar refractivity (Wildman–Crippen MR) is 83.3 cm³/mol. The van der Waals surface area contributed by atoms with Crippen LogP contribution in [0.1, 0.15) is 32.8 Å². The molecule has 0 aliphatic heterocycles. The highest BCUT2D eigenvalue weighted by molar-refractivity contribution is 7.89. The van der Waals surface area contributed by atoms with E-state index < -0.39 is 10.0 Å². The van der Waals surface area contributed by atoms with Crippen molar-refractivity contribution in [1.29, 1.82) is 0 Å². The second-order valence-electron chi connectivity index (χ2n) is 5.44. The largest absolute Gasteiger partial charge is 0.314 e. The number of likely N-dealkylation sites (N-methyl/N-ethyl adjacent to an activating group) is 1. The zero-order chi connectivity index (χ0) is 15.2.